The average molecular weight is 413 g/mol. The Morgan fingerprint density at radius 3 is 2.27 bits per heavy atom. The number of carbonyl (C=O) groups excluding carboxylic acids is 2. The van der Waals surface area contributed by atoms with Gasteiger partial charge in [0.15, 0.2) is 0 Å². The Morgan fingerprint density at radius 2 is 1.57 bits per heavy atom. The van der Waals surface area contributed by atoms with E-state index in [1.54, 1.807) is 12.1 Å². The van der Waals surface area contributed by atoms with Crippen LogP contribution in [0.4, 0.5) is 10.1 Å². The van der Waals surface area contributed by atoms with Crippen LogP contribution in [0.15, 0.2) is 54.6 Å². The number of rotatable bonds is 9. The highest BCUT2D eigenvalue weighted by atomic mass is 19.1. The molecule has 1 fully saturated rings. The van der Waals surface area contributed by atoms with Gasteiger partial charge in [-0.05, 0) is 42.8 Å². The summed E-state index contributed by atoms with van der Waals surface area (Å²) >= 11 is 0. The molecule has 160 valence electrons. The van der Waals surface area contributed by atoms with Gasteiger partial charge in [0.2, 0.25) is 5.91 Å². The smallest absolute Gasteiger partial charge is 0.251 e. The van der Waals surface area contributed by atoms with Crippen molar-refractivity contribution in [3.05, 3.63) is 66.0 Å². The molecule has 30 heavy (non-hydrogen) atoms. The third kappa shape index (κ3) is 6.84. The maximum absolute atomic E-state index is 13.0. The first-order valence-electron chi connectivity index (χ1n) is 10.4. The largest absolute Gasteiger partial charge is 0.369 e. The fourth-order valence-electron chi connectivity index (χ4n) is 3.47. The molecule has 1 aliphatic rings. The molecule has 1 aliphatic heterocycles. The highest BCUT2D eigenvalue weighted by molar-refractivity contribution is 5.94. The molecule has 0 spiro atoms. The number of halogens is 1. The van der Waals surface area contributed by atoms with Gasteiger partial charge in [0.05, 0.1) is 0 Å². The van der Waals surface area contributed by atoms with Gasteiger partial charge in [-0.25, -0.2) is 4.39 Å². The van der Waals surface area contributed by atoms with Crippen molar-refractivity contribution in [3.63, 3.8) is 0 Å². The Labute approximate surface area is 177 Å². The minimum atomic E-state index is -0.216. The summed E-state index contributed by atoms with van der Waals surface area (Å²) in [6.07, 6.45) is 1.01. The summed E-state index contributed by atoms with van der Waals surface area (Å²) in [5, 5.41) is 5.78. The summed E-state index contributed by atoms with van der Waals surface area (Å²) in [4.78, 5) is 28.5. The average Bonchev–Trinajstić information content (AvgIpc) is 2.78. The minimum absolute atomic E-state index is 0.00825. The van der Waals surface area contributed by atoms with Crippen LogP contribution in [-0.4, -0.2) is 62.5 Å². The molecule has 2 amide bonds. The summed E-state index contributed by atoms with van der Waals surface area (Å²) in [6, 6.07) is 15.7. The van der Waals surface area contributed by atoms with Gasteiger partial charge in [0.25, 0.3) is 5.91 Å². The van der Waals surface area contributed by atoms with Crippen LogP contribution in [0.3, 0.4) is 0 Å². The number of hydrogen-bond donors (Lipinski definition) is 2. The molecular weight excluding hydrogens is 383 g/mol. The molecule has 0 radical (unpaired) electrons. The summed E-state index contributed by atoms with van der Waals surface area (Å²) in [6.45, 7) is 5.52. The van der Waals surface area contributed by atoms with Crippen molar-refractivity contribution in [2.45, 2.75) is 12.8 Å². The van der Waals surface area contributed by atoms with Gasteiger partial charge >= 0.3 is 0 Å². The predicted octanol–water partition coefficient (Wildman–Crippen LogP) is 2.27. The van der Waals surface area contributed by atoms with Crippen molar-refractivity contribution in [1.29, 1.82) is 0 Å². The summed E-state index contributed by atoms with van der Waals surface area (Å²) in [5.41, 5.74) is 1.67. The lowest BCUT2D eigenvalue weighted by atomic mass is 10.2. The minimum Gasteiger partial charge on any atom is -0.369 e. The number of nitrogens with one attached hydrogen (secondary N) is 2. The van der Waals surface area contributed by atoms with E-state index in [1.807, 2.05) is 30.3 Å². The van der Waals surface area contributed by atoms with E-state index in [2.05, 4.69) is 20.4 Å². The second-order valence-electron chi connectivity index (χ2n) is 7.38. The van der Waals surface area contributed by atoms with E-state index in [1.165, 1.54) is 12.1 Å². The van der Waals surface area contributed by atoms with Crippen molar-refractivity contribution < 1.29 is 14.0 Å². The van der Waals surface area contributed by atoms with E-state index in [4.69, 9.17) is 0 Å². The van der Waals surface area contributed by atoms with E-state index in [-0.39, 0.29) is 17.6 Å². The molecule has 2 N–H and O–H groups in total. The summed E-state index contributed by atoms with van der Waals surface area (Å²) < 4.78 is 13.0. The third-order valence-electron chi connectivity index (χ3n) is 5.22. The van der Waals surface area contributed by atoms with Crippen LogP contribution in [0, 0.1) is 5.82 Å². The van der Waals surface area contributed by atoms with E-state index in [9.17, 15) is 14.0 Å². The van der Waals surface area contributed by atoms with Gasteiger partial charge in [-0.3, -0.25) is 14.5 Å². The molecule has 6 nitrogen and oxygen atoms in total. The van der Waals surface area contributed by atoms with Gasteiger partial charge < -0.3 is 15.5 Å². The highest BCUT2D eigenvalue weighted by Crippen LogP contribution is 2.16. The fourth-order valence-corrected chi connectivity index (χ4v) is 3.47. The maximum Gasteiger partial charge on any atom is 0.251 e. The van der Waals surface area contributed by atoms with Crippen LogP contribution in [-0.2, 0) is 4.79 Å². The number of amides is 2. The van der Waals surface area contributed by atoms with Crippen LogP contribution >= 0.6 is 0 Å². The number of carbonyl (C=O) groups is 2. The Bertz CT molecular complexity index is 806. The van der Waals surface area contributed by atoms with E-state index in [0.29, 0.717) is 31.5 Å². The van der Waals surface area contributed by atoms with Crippen LogP contribution in [0.2, 0.25) is 0 Å². The number of anilines is 1. The predicted molar refractivity (Wildman–Crippen MR) is 116 cm³/mol. The first-order chi connectivity index (χ1) is 14.6. The Hall–Kier alpha value is -2.93. The van der Waals surface area contributed by atoms with Gasteiger partial charge in [0, 0.05) is 63.5 Å². The fraction of sp³-hybridized carbons (Fsp3) is 0.391. The van der Waals surface area contributed by atoms with Crippen LogP contribution in [0.5, 0.6) is 0 Å². The van der Waals surface area contributed by atoms with Crippen molar-refractivity contribution in [2.24, 2.45) is 0 Å². The van der Waals surface area contributed by atoms with E-state index < -0.39 is 0 Å². The lowest BCUT2D eigenvalue weighted by molar-refractivity contribution is -0.121. The second-order valence-corrected chi connectivity index (χ2v) is 7.38. The van der Waals surface area contributed by atoms with Crippen molar-refractivity contribution in [3.8, 4) is 0 Å². The van der Waals surface area contributed by atoms with E-state index in [0.717, 1.165) is 38.4 Å². The van der Waals surface area contributed by atoms with Gasteiger partial charge in [0.1, 0.15) is 5.82 Å². The molecule has 2 aromatic rings. The highest BCUT2D eigenvalue weighted by Gasteiger charge is 2.17. The molecule has 3 rings (SSSR count). The molecule has 1 saturated heterocycles. The number of nitrogens with zero attached hydrogens (tertiary/aromatic N) is 2. The quantitative estimate of drug-likeness (QED) is 0.621. The van der Waals surface area contributed by atoms with Gasteiger partial charge in [-0.15, -0.1) is 0 Å². The molecule has 0 unspecified atom stereocenters. The first kappa shape index (κ1) is 21.8. The number of benzene rings is 2. The maximum atomic E-state index is 13.0. The summed E-state index contributed by atoms with van der Waals surface area (Å²) in [5.74, 6) is -0.323. The molecule has 0 atom stereocenters. The molecule has 1 heterocycles. The standard InChI is InChI=1S/C23H29FN4O2/c24-20-8-10-21(11-9-20)28-17-15-27(16-18-28)14-13-25-22(29)7-4-12-26-23(30)19-5-2-1-3-6-19/h1-3,5-6,8-11H,4,7,12-18H2,(H,25,29)(H,26,30). The zero-order valence-electron chi connectivity index (χ0n) is 17.1. The van der Waals surface area contributed by atoms with Crippen molar-refractivity contribution in [2.75, 3.05) is 50.7 Å². The molecule has 0 aromatic heterocycles. The zero-order valence-corrected chi connectivity index (χ0v) is 17.1. The molecule has 0 saturated carbocycles. The molecule has 0 bridgehead atoms. The number of piperazine rings is 1. The zero-order chi connectivity index (χ0) is 21.2. The van der Waals surface area contributed by atoms with Crippen LogP contribution in [0.25, 0.3) is 0 Å². The summed E-state index contributed by atoms with van der Waals surface area (Å²) in [7, 11) is 0. The van der Waals surface area contributed by atoms with Gasteiger partial charge in [-0.1, -0.05) is 18.2 Å². The SMILES string of the molecule is O=C(CCCNC(=O)c1ccccc1)NCCN1CCN(c2ccc(F)cc2)CC1. The Kier molecular flexibility index (Phi) is 8.20. The first-order valence-corrected chi connectivity index (χ1v) is 10.4. The van der Waals surface area contributed by atoms with Crippen molar-refractivity contribution >= 4 is 17.5 Å². The molecule has 7 heteroatoms. The molecule has 0 aliphatic carbocycles. The van der Waals surface area contributed by atoms with Crippen LogP contribution < -0.4 is 15.5 Å². The van der Waals surface area contributed by atoms with Crippen LogP contribution in [0.1, 0.15) is 23.2 Å². The molecule has 2 aromatic carbocycles. The van der Waals surface area contributed by atoms with Gasteiger partial charge in [-0.2, -0.15) is 0 Å². The lowest BCUT2D eigenvalue weighted by Gasteiger charge is -2.36. The second kappa shape index (κ2) is 11.3. The normalized spacial score (nSPS) is 14.4. The topological polar surface area (TPSA) is 64.7 Å². The Morgan fingerprint density at radius 1 is 0.867 bits per heavy atom. The molecular formula is C23H29FN4O2. The van der Waals surface area contributed by atoms with Crippen molar-refractivity contribution in [1.82, 2.24) is 15.5 Å². The third-order valence-corrected chi connectivity index (χ3v) is 5.22. The van der Waals surface area contributed by atoms with E-state index >= 15 is 0 Å². The monoisotopic (exact) mass is 412 g/mol. The number of hydrogen-bond acceptors (Lipinski definition) is 4. The Balaban J connectivity index is 1.24. The lowest BCUT2D eigenvalue weighted by Crippen LogP contribution is -2.48.